The van der Waals surface area contributed by atoms with E-state index >= 15 is 0 Å². The van der Waals surface area contributed by atoms with Gasteiger partial charge in [0, 0.05) is 17.3 Å². The van der Waals surface area contributed by atoms with Crippen molar-refractivity contribution >= 4 is 39.7 Å². The molecule has 0 saturated heterocycles. The molecule has 0 unspecified atom stereocenters. The van der Waals surface area contributed by atoms with Gasteiger partial charge in [-0.05, 0) is 43.3 Å². The van der Waals surface area contributed by atoms with Gasteiger partial charge in [0.05, 0.1) is 34.8 Å². The predicted octanol–water partition coefficient (Wildman–Crippen LogP) is 4.54. The van der Waals surface area contributed by atoms with Crippen molar-refractivity contribution in [3.8, 4) is 5.75 Å². The summed E-state index contributed by atoms with van der Waals surface area (Å²) in [6.45, 7) is 2.37. The van der Waals surface area contributed by atoms with Crippen molar-refractivity contribution in [2.75, 3.05) is 14.2 Å². The number of thiophene rings is 1. The molecule has 0 atom stereocenters. The number of fused-ring (bicyclic) bond motifs is 1. The maximum atomic E-state index is 12.8. The van der Waals surface area contributed by atoms with Crippen LogP contribution in [0, 0.1) is 6.92 Å². The number of pyridine rings is 1. The van der Waals surface area contributed by atoms with Crippen molar-refractivity contribution in [3.63, 3.8) is 0 Å². The first-order valence-corrected chi connectivity index (χ1v) is 8.62. The van der Waals surface area contributed by atoms with Crippen LogP contribution in [-0.2, 0) is 6.54 Å². The van der Waals surface area contributed by atoms with E-state index in [2.05, 4.69) is 4.98 Å². The van der Waals surface area contributed by atoms with Crippen LogP contribution in [0.15, 0.2) is 36.4 Å². The first kappa shape index (κ1) is 16.7. The lowest BCUT2D eigenvalue weighted by atomic mass is 10.1. The number of hydrogen-bond donors (Lipinski definition) is 0. The summed E-state index contributed by atoms with van der Waals surface area (Å²) in [5.41, 5.74) is 2.16. The maximum Gasteiger partial charge on any atom is 0.255 e. The second-order valence-electron chi connectivity index (χ2n) is 5.55. The van der Waals surface area contributed by atoms with Gasteiger partial charge in [0.15, 0.2) is 0 Å². The molecule has 124 valence electrons. The van der Waals surface area contributed by atoms with Crippen LogP contribution in [-0.4, -0.2) is 29.9 Å². The topological polar surface area (TPSA) is 42.4 Å². The average Bonchev–Trinajstić information content (AvgIpc) is 2.98. The number of hydrogen-bond acceptors (Lipinski definition) is 4. The van der Waals surface area contributed by atoms with Crippen LogP contribution in [0.1, 0.15) is 20.9 Å². The first-order valence-electron chi connectivity index (χ1n) is 7.43. The second kappa shape index (κ2) is 6.79. The fourth-order valence-electron chi connectivity index (χ4n) is 2.54. The van der Waals surface area contributed by atoms with Crippen LogP contribution in [0.3, 0.4) is 0 Å². The lowest BCUT2D eigenvalue weighted by Crippen LogP contribution is -2.26. The van der Waals surface area contributed by atoms with Crippen LogP contribution in [0.4, 0.5) is 0 Å². The van der Waals surface area contributed by atoms with E-state index in [9.17, 15) is 4.79 Å². The Hall–Kier alpha value is -2.11. The Labute approximate surface area is 149 Å². The molecule has 0 saturated carbocycles. The lowest BCUT2D eigenvalue weighted by Gasteiger charge is -2.18. The van der Waals surface area contributed by atoms with Gasteiger partial charge in [-0.15, -0.1) is 11.3 Å². The summed E-state index contributed by atoms with van der Waals surface area (Å²) >= 11 is 7.43. The standard InChI is InChI=1S/C18H17ClN2O2S/c1-11-15(9-12-8-13(23-3)4-6-16(12)20-11)18(22)21(2)10-14-5-7-17(19)24-14/h4-9H,10H2,1-3H3. The molecule has 1 aromatic carbocycles. The smallest absolute Gasteiger partial charge is 0.255 e. The maximum absolute atomic E-state index is 12.8. The van der Waals surface area contributed by atoms with Gasteiger partial charge in [-0.25, -0.2) is 0 Å². The summed E-state index contributed by atoms with van der Waals surface area (Å²) in [5, 5.41) is 0.885. The molecule has 2 heterocycles. The number of amides is 1. The third kappa shape index (κ3) is 3.37. The van der Waals surface area contributed by atoms with Gasteiger partial charge >= 0.3 is 0 Å². The third-order valence-corrected chi connectivity index (χ3v) is 5.03. The monoisotopic (exact) mass is 360 g/mol. The van der Waals surface area contributed by atoms with Gasteiger partial charge in [0.2, 0.25) is 0 Å². The van der Waals surface area contributed by atoms with Crippen molar-refractivity contribution in [3.05, 3.63) is 56.9 Å². The Morgan fingerprint density at radius 2 is 2.08 bits per heavy atom. The summed E-state index contributed by atoms with van der Waals surface area (Å²) in [5.74, 6) is 0.683. The molecule has 0 spiro atoms. The van der Waals surface area contributed by atoms with Gasteiger partial charge in [0.25, 0.3) is 5.91 Å². The van der Waals surface area contributed by atoms with Crippen LogP contribution < -0.4 is 4.74 Å². The minimum atomic E-state index is -0.0609. The minimum absolute atomic E-state index is 0.0609. The van der Waals surface area contributed by atoms with E-state index in [1.165, 1.54) is 11.3 Å². The molecule has 0 fully saturated rings. The normalized spacial score (nSPS) is 10.8. The number of ether oxygens (including phenoxy) is 1. The average molecular weight is 361 g/mol. The number of aryl methyl sites for hydroxylation is 1. The summed E-state index contributed by atoms with van der Waals surface area (Å²) in [4.78, 5) is 20.1. The summed E-state index contributed by atoms with van der Waals surface area (Å²) < 4.78 is 5.97. The van der Waals surface area contributed by atoms with Gasteiger partial charge in [0.1, 0.15) is 5.75 Å². The van der Waals surface area contributed by atoms with Gasteiger partial charge in [-0.3, -0.25) is 9.78 Å². The summed E-state index contributed by atoms with van der Waals surface area (Å²) in [6.07, 6.45) is 0. The number of rotatable bonds is 4. The Bertz CT molecular complexity index is 907. The van der Waals surface area contributed by atoms with Gasteiger partial charge in [-0.1, -0.05) is 11.6 Å². The highest BCUT2D eigenvalue weighted by Gasteiger charge is 2.17. The molecule has 1 amide bonds. The SMILES string of the molecule is COc1ccc2nc(C)c(C(=O)N(C)Cc3ccc(Cl)s3)cc2c1. The van der Waals surface area contributed by atoms with Crippen molar-refractivity contribution in [2.24, 2.45) is 0 Å². The molecule has 0 radical (unpaired) electrons. The number of methoxy groups -OCH3 is 1. The van der Waals surface area contributed by atoms with E-state index in [1.54, 1.807) is 19.1 Å². The number of aromatic nitrogens is 1. The van der Waals surface area contributed by atoms with Crippen LogP contribution in [0.5, 0.6) is 5.75 Å². The highest BCUT2D eigenvalue weighted by atomic mass is 35.5. The molecule has 2 aromatic heterocycles. The van der Waals surface area contributed by atoms with E-state index in [4.69, 9.17) is 16.3 Å². The van der Waals surface area contributed by atoms with Crippen molar-refractivity contribution in [1.82, 2.24) is 9.88 Å². The molecule has 0 aliphatic carbocycles. The molecule has 0 aliphatic heterocycles. The molecule has 0 aliphatic rings. The zero-order valence-electron chi connectivity index (χ0n) is 13.7. The van der Waals surface area contributed by atoms with Crippen LogP contribution >= 0.6 is 22.9 Å². The molecular weight excluding hydrogens is 344 g/mol. The van der Waals surface area contributed by atoms with Crippen molar-refractivity contribution < 1.29 is 9.53 Å². The number of carbonyl (C=O) groups is 1. The first-order chi connectivity index (χ1) is 11.5. The van der Waals surface area contributed by atoms with Crippen molar-refractivity contribution in [1.29, 1.82) is 0 Å². The number of benzene rings is 1. The van der Waals surface area contributed by atoms with E-state index in [0.717, 1.165) is 25.9 Å². The molecule has 0 N–H and O–H groups in total. The molecular formula is C18H17ClN2O2S. The number of halogens is 1. The zero-order valence-corrected chi connectivity index (χ0v) is 15.2. The molecule has 4 nitrogen and oxygen atoms in total. The number of nitrogens with zero attached hydrogens (tertiary/aromatic N) is 2. The largest absolute Gasteiger partial charge is 0.497 e. The summed E-state index contributed by atoms with van der Waals surface area (Å²) in [6, 6.07) is 11.3. The van der Waals surface area contributed by atoms with E-state index in [1.807, 2.05) is 43.3 Å². The minimum Gasteiger partial charge on any atom is -0.497 e. The van der Waals surface area contributed by atoms with Crippen molar-refractivity contribution in [2.45, 2.75) is 13.5 Å². The highest BCUT2D eigenvalue weighted by Crippen LogP contribution is 2.25. The van der Waals surface area contributed by atoms with Crippen LogP contribution in [0.2, 0.25) is 4.34 Å². The number of carbonyl (C=O) groups excluding carboxylic acids is 1. The van der Waals surface area contributed by atoms with Crippen LogP contribution in [0.25, 0.3) is 10.9 Å². The second-order valence-corrected chi connectivity index (χ2v) is 7.35. The lowest BCUT2D eigenvalue weighted by molar-refractivity contribution is 0.0785. The Morgan fingerprint density at radius 3 is 2.75 bits per heavy atom. The molecule has 6 heteroatoms. The predicted molar refractivity (Wildman–Crippen MR) is 98.2 cm³/mol. The Balaban J connectivity index is 1.91. The fraction of sp³-hybridized carbons (Fsp3) is 0.222. The van der Waals surface area contributed by atoms with Gasteiger partial charge < -0.3 is 9.64 Å². The molecule has 3 rings (SSSR count). The Morgan fingerprint density at radius 1 is 1.29 bits per heavy atom. The van der Waals surface area contributed by atoms with Gasteiger partial charge in [-0.2, -0.15) is 0 Å². The van der Waals surface area contributed by atoms with E-state index in [-0.39, 0.29) is 5.91 Å². The zero-order chi connectivity index (χ0) is 17.3. The third-order valence-electron chi connectivity index (χ3n) is 3.81. The van der Waals surface area contributed by atoms with E-state index in [0.29, 0.717) is 17.8 Å². The fourth-order valence-corrected chi connectivity index (χ4v) is 3.68. The Kier molecular flexibility index (Phi) is 4.73. The highest BCUT2D eigenvalue weighted by molar-refractivity contribution is 7.16. The molecule has 24 heavy (non-hydrogen) atoms. The summed E-state index contributed by atoms with van der Waals surface area (Å²) in [7, 11) is 3.40. The molecule has 3 aromatic rings. The molecule has 0 bridgehead atoms. The quantitative estimate of drug-likeness (QED) is 0.686. The van der Waals surface area contributed by atoms with E-state index < -0.39 is 0 Å².